The zero-order chi connectivity index (χ0) is 17.1. The monoisotopic (exact) mass is 333 g/mol. The number of halogens is 1. The van der Waals surface area contributed by atoms with Crippen molar-refractivity contribution < 1.29 is 18.7 Å². The third-order valence-corrected chi connectivity index (χ3v) is 3.93. The lowest BCUT2D eigenvalue weighted by atomic mass is 9.99. The Morgan fingerprint density at radius 2 is 2.25 bits per heavy atom. The van der Waals surface area contributed by atoms with Crippen molar-refractivity contribution in [2.24, 2.45) is 0 Å². The summed E-state index contributed by atoms with van der Waals surface area (Å²) in [6, 6.07) is 6.16. The van der Waals surface area contributed by atoms with Gasteiger partial charge in [0, 0.05) is 12.0 Å². The summed E-state index contributed by atoms with van der Waals surface area (Å²) in [5.74, 6) is -0.525. The van der Waals surface area contributed by atoms with E-state index in [4.69, 9.17) is 9.47 Å². The van der Waals surface area contributed by atoms with E-state index in [2.05, 4.69) is 15.5 Å². The number of ether oxygens (including phenoxy) is 2. The fourth-order valence-corrected chi connectivity index (χ4v) is 2.83. The number of para-hydroxylation sites is 1. The molecule has 7 heteroatoms. The van der Waals surface area contributed by atoms with Gasteiger partial charge in [0.1, 0.15) is 6.61 Å². The van der Waals surface area contributed by atoms with E-state index in [-0.39, 0.29) is 37.0 Å². The Hall–Kier alpha value is -2.41. The Morgan fingerprint density at radius 3 is 3.04 bits per heavy atom. The minimum Gasteiger partial charge on any atom is -0.489 e. The Kier molecular flexibility index (Phi) is 4.80. The second kappa shape index (κ2) is 7.00. The fraction of sp³-hybridized carbons (Fsp3) is 0.412. The second-order valence-electron chi connectivity index (χ2n) is 5.79. The Morgan fingerprint density at radius 1 is 1.46 bits per heavy atom. The van der Waals surface area contributed by atoms with Gasteiger partial charge in [0.25, 0.3) is 5.91 Å². The summed E-state index contributed by atoms with van der Waals surface area (Å²) in [4.78, 5) is 12.3. The molecule has 6 nitrogen and oxygen atoms in total. The number of aromatic nitrogens is 2. The minimum atomic E-state index is -0.423. The van der Waals surface area contributed by atoms with E-state index in [1.807, 2.05) is 13.8 Å². The van der Waals surface area contributed by atoms with Crippen molar-refractivity contribution in [3.63, 3.8) is 0 Å². The molecule has 2 atom stereocenters. The van der Waals surface area contributed by atoms with Crippen molar-refractivity contribution in [2.75, 3.05) is 13.2 Å². The normalized spacial score (nSPS) is 19.6. The molecule has 0 saturated heterocycles. The van der Waals surface area contributed by atoms with Crippen molar-refractivity contribution in [1.29, 1.82) is 0 Å². The molecular weight excluding hydrogens is 313 g/mol. The van der Waals surface area contributed by atoms with Gasteiger partial charge in [-0.2, -0.15) is 5.10 Å². The zero-order valence-electron chi connectivity index (χ0n) is 13.6. The average Bonchev–Trinajstić information content (AvgIpc) is 2.97. The Bertz CT molecular complexity index is 732. The van der Waals surface area contributed by atoms with Gasteiger partial charge in [-0.05, 0) is 26.0 Å². The van der Waals surface area contributed by atoms with Crippen LogP contribution in [0.15, 0.2) is 24.3 Å². The minimum absolute atomic E-state index is 0.0426. The fourth-order valence-electron chi connectivity index (χ4n) is 2.83. The van der Waals surface area contributed by atoms with Gasteiger partial charge in [0.15, 0.2) is 17.3 Å². The molecule has 0 radical (unpaired) electrons. The van der Waals surface area contributed by atoms with Gasteiger partial charge in [0.2, 0.25) is 0 Å². The lowest BCUT2D eigenvalue weighted by Gasteiger charge is -2.25. The predicted molar refractivity (Wildman–Crippen MR) is 85.5 cm³/mol. The lowest BCUT2D eigenvalue weighted by Crippen LogP contribution is -2.30. The molecule has 0 aliphatic carbocycles. The number of fused-ring (bicyclic) bond motifs is 1. The van der Waals surface area contributed by atoms with Crippen LogP contribution in [0.2, 0.25) is 0 Å². The van der Waals surface area contributed by atoms with Gasteiger partial charge in [-0.3, -0.25) is 9.89 Å². The standard InChI is InChI=1S/C17H20FN3O3/c1-10-9-12-15(11(2)24-10)20-21-16(12)17(22)19-7-8-23-14-6-4-3-5-13(14)18/h3-6,10-11H,7-9H2,1-2H3,(H,19,22)(H,20,21)/t10-,11+/m1/s1. The number of rotatable bonds is 5. The molecule has 0 fully saturated rings. The molecule has 2 N–H and O–H groups in total. The molecule has 0 unspecified atom stereocenters. The average molecular weight is 333 g/mol. The van der Waals surface area contributed by atoms with Gasteiger partial charge >= 0.3 is 0 Å². The number of H-pyrrole nitrogens is 1. The molecule has 1 amide bonds. The largest absolute Gasteiger partial charge is 0.489 e. The highest BCUT2D eigenvalue weighted by Gasteiger charge is 2.29. The number of amides is 1. The number of hydrogen-bond acceptors (Lipinski definition) is 4. The molecule has 128 valence electrons. The quantitative estimate of drug-likeness (QED) is 0.824. The van der Waals surface area contributed by atoms with Crippen LogP contribution >= 0.6 is 0 Å². The van der Waals surface area contributed by atoms with Gasteiger partial charge in [-0.15, -0.1) is 0 Å². The van der Waals surface area contributed by atoms with E-state index in [0.717, 1.165) is 11.3 Å². The van der Waals surface area contributed by atoms with Crippen molar-refractivity contribution in [1.82, 2.24) is 15.5 Å². The molecule has 1 aliphatic heterocycles. The predicted octanol–water partition coefficient (Wildman–Crippen LogP) is 2.38. The highest BCUT2D eigenvalue weighted by Crippen LogP contribution is 2.29. The third kappa shape index (κ3) is 3.41. The number of benzene rings is 1. The van der Waals surface area contributed by atoms with Gasteiger partial charge in [0.05, 0.1) is 24.4 Å². The molecule has 1 aliphatic rings. The molecule has 0 bridgehead atoms. The van der Waals surface area contributed by atoms with E-state index in [1.54, 1.807) is 18.2 Å². The highest BCUT2D eigenvalue weighted by molar-refractivity contribution is 5.94. The number of aromatic amines is 1. The molecule has 2 aromatic rings. The van der Waals surface area contributed by atoms with Crippen molar-refractivity contribution >= 4 is 5.91 Å². The van der Waals surface area contributed by atoms with E-state index >= 15 is 0 Å². The maximum Gasteiger partial charge on any atom is 0.272 e. The molecular formula is C17H20FN3O3. The van der Waals surface area contributed by atoms with Gasteiger partial charge < -0.3 is 14.8 Å². The SMILES string of the molecule is C[C@@H]1Cc2c(C(=O)NCCOc3ccccc3F)n[nH]c2[C@H](C)O1. The number of nitrogens with zero attached hydrogens (tertiary/aromatic N) is 1. The maximum atomic E-state index is 13.4. The molecule has 2 heterocycles. The smallest absolute Gasteiger partial charge is 0.272 e. The van der Waals surface area contributed by atoms with E-state index in [1.165, 1.54) is 6.07 Å². The van der Waals surface area contributed by atoms with E-state index < -0.39 is 5.82 Å². The van der Waals surface area contributed by atoms with Crippen LogP contribution in [0.5, 0.6) is 5.75 Å². The van der Waals surface area contributed by atoms with Crippen molar-refractivity contribution in [2.45, 2.75) is 32.5 Å². The van der Waals surface area contributed by atoms with Gasteiger partial charge in [-0.1, -0.05) is 12.1 Å². The summed E-state index contributed by atoms with van der Waals surface area (Å²) in [5.41, 5.74) is 2.13. The first kappa shape index (κ1) is 16.4. The first-order valence-electron chi connectivity index (χ1n) is 7.94. The van der Waals surface area contributed by atoms with Crippen molar-refractivity contribution in [3.05, 3.63) is 47.0 Å². The van der Waals surface area contributed by atoms with Crippen LogP contribution in [-0.2, 0) is 11.2 Å². The topological polar surface area (TPSA) is 76.2 Å². The molecule has 0 spiro atoms. The van der Waals surface area contributed by atoms with Crippen molar-refractivity contribution in [3.8, 4) is 5.75 Å². The molecule has 1 aromatic carbocycles. The summed E-state index contributed by atoms with van der Waals surface area (Å²) in [7, 11) is 0. The third-order valence-electron chi connectivity index (χ3n) is 3.93. The number of carbonyl (C=O) groups is 1. The first-order valence-corrected chi connectivity index (χ1v) is 7.94. The zero-order valence-corrected chi connectivity index (χ0v) is 13.6. The van der Waals surface area contributed by atoms with Gasteiger partial charge in [-0.25, -0.2) is 4.39 Å². The summed E-state index contributed by atoms with van der Waals surface area (Å²) in [6.45, 7) is 4.33. The summed E-state index contributed by atoms with van der Waals surface area (Å²) in [5, 5.41) is 9.75. The summed E-state index contributed by atoms with van der Waals surface area (Å²) < 4.78 is 24.4. The maximum absolute atomic E-state index is 13.4. The number of hydrogen-bond donors (Lipinski definition) is 2. The van der Waals surface area contributed by atoms with Crippen LogP contribution in [0, 0.1) is 5.82 Å². The van der Waals surface area contributed by atoms with Crippen LogP contribution in [0.25, 0.3) is 0 Å². The molecule has 24 heavy (non-hydrogen) atoms. The van der Waals surface area contributed by atoms with Crippen LogP contribution in [0.4, 0.5) is 4.39 Å². The Balaban J connectivity index is 1.56. The number of carbonyl (C=O) groups excluding carboxylic acids is 1. The molecule has 3 rings (SSSR count). The van der Waals surface area contributed by atoms with Crippen LogP contribution in [-0.4, -0.2) is 35.4 Å². The first-order chi connectivity index (χ1) is 11.6. The van der Waals surface area contributed by atoms with Crippen LogP contribution < -0.4 is 10.1 Å². The van der Waals surface area contributed by atoms with Crippen LogP contribution in [0.3, 0.4) is 0 Å². The summed E-state index contributed by atoms with van der Waals surface area (Å²) >= 11 is 0. The van der Waals surface area contributed by atoms with Crippen LogP contribution in [0.1, 0.15) is 41.7 Å². The summed E-state index contributed by atoms with van der Waals surface area (Å²) in [6.07, 6.45) is 0.577. The number of nitrogens with one attached hydrogen (secondary N) is 2. The highest BCUT2D eigenvalue weighted by atomic mass is 19.1. The van der Waals surface area contributed by atoms with E-state index in [0.29, 0.717) is 12.1 Å². The molecule has 0 saturated carbocycles. The second-order valence-corrected chi connectivity index (χ2v) is 5.79. The van der Waals surface area contributed by atoms with E-state index in [9.17, 15) is 9.18 Å². The molecule has 1 aromatic heterocycles. The lowest BCUT2D eigenvalue weighted by molar-refractivity contribution is -0.00697. The Labute approximate surface area is 139 Å².